The van der Waals surface area contributed by atoms with Gasteiger partial charge in [0.1, 0.15) is 4.32 Å². The Balaban J connectivity index is 1.16. The molecular formula is C23H21ClN4O2S3. The average molecular weight is 517 g/mol. The Bertz CT molecular complexity index is 1270. The minimum atomic E-state index is -0.136. The summed E-state index contributed by atoms with van der Waals surface area (Å²) >= 11 is 14.5. The average Bonchev–Trinajstić information content (AvgIpc) is 3.26. The Morgan fingerprint density at radius 1 is 1.24 bits per heavy atom. The lowest BCUT2D eigenvalue weighted by Crippen LogP contribution is -2.48. The Morgan fingerprint density at radius 2 is 2.09 bits per heavy atom. The first-order valence-corrected chi connectivity index (χ1v) is 13.2. The van der Waals surface area contributed by atoms with E-state index in [1.165, 1.54) is 23.1 Å². The molecule has 1 amide bonds. The number of rotatable bonds is 4. The monoisotopic (exact) mass is 516 g/mol. The molecule has 3 aromatic rings. The van der Waals surface area contributed by atoms with Gasteiger partial charge in [-0.15, -0.1) is 11.3 Å². The standard InChI is InChI=1S/C23H21ClN4O2S3/c24-17-4-1-3-15(8-17)18-12-32-22(25-18)26-20(29)13-33-23(31)27-9-14-7-16(11-27)19-5-2-6-21(30)28(19)10-14/h1-6,8,12,14,16H,7,9-11,13H2,(H,25,26,29)/t14-,16+/m0/s1. The molecule has 33 heavy (non-hydrogen) atoms. The molecule has 1 fully saturated rings. The van der Waals surface area contributed by atoms with Crippen LogP contribution in [0.4, 0.5) is 5.13 Å². The number of halogens is 1. The van der Waals surface area contributed by atoms with Crippen molar-refractivity contribution >= 4 is 62.3 Å². The number of aromatic nitrogens is 2. The van der Waals surface area contributed by atoms with Crippen LogP contribution in [0.25, 0.3) is 11.3 Å². The second kappa shape index (κ2) is 9.58. The maximum absolute atomic E-state index is 12.5. The molecule has 10 heteroatoms. The number of anilines is 1. The number of likely N-dealkylation sites (tertiary alicyclic amines) is 1. The summed E-state index contributed by atoms with van der Waals surface area (Å²) in [5, 5.41) is 5.96. The van der Waals surface area contributed by atoms with E-state index < -0.39 is 0 Å². The predicted octanol–water partition coefficient (Wildman–Crippen LogP) is 4.70. The Morgan fingerprint density at radius 3 is 2.94 bits per heavy atom. The van der Waals surface area contributed by atoms with Crippen molar-refractivity contribution in [2.45, 2.75) is 18.9 Å². The molecule has 2 atom stereocenters. The van der Waals surface area contributed by atoms with Crippen molar-refractivity contribution < 1.29 is 4.79 Å². The maximum Gasteiger partial charge on any atom is 0.250 e. The van der Waals surface area contributed by atoms with Gasteiger partial charge in [-0.1, -0.05) is 53.8 Å². The van der Waals surface area contributed by atoms with E-state index in [1.807, 2.05) is 46.3 Å². The number of nitrogens with zero attached hydrogens (tertiary/aromatic N) is 3. The maximum atomic E-state index is 12.5. The van der Waals surface area contributed by atoms with Gasteiger partial charge >= 0.3 is 0 Å². The molecule has 4 heterocycles. The van der Waals surface area contributed by atoms with Gasteiger partial charge in [-0.25, -0.2) is 4.98 Å². The molecule has 6 nitrogen and oxygen atoms in total. The number of pyridine rings is 1. The fraction of sp³-hybridized carbons (Fsp3) is 0.304. The van der Waals surface area contributed by atoms with Crippen molar-refractivity contribution in [3.8, 4) is 11.3 Å². The lowest BCUT2D eigenvalue weighted by Gasteiger charge is -2.43. The number of amides is 1. The number of carbonyl (C=O) groups is 1. The van der Waals surface area contributed by atoms with Gasteiger partial charge in [-0.05, 0) is 30.5 Å². The van der Waals surface area contributed by atoms with E-state index in [2.05, 4.69) is 15.2 Å². The van der Waals surface area contributed by atoms with Crippen molar-refractivity contribution in [3.63, 3.8) is 0 Å². The third kappa shape index (κ3) is 5.01. The van der Waals surface area contributed by atoms with E-state index in [0.29, 0.717) is 22.0 Å². The third-order valence-electron chi connectivity index (χ3n) is 5.94. The molecule has 170 valence electrons. The van der Waals surface area contributed by atoms with E-state index >= 15 is 0 Å². The zero-order valence-corrected chi connectivity index (χ0v) is 20.8. The SMILES string of the molecule is O=C(CSC(=S)N1C[C@@H]2C[C@H](C1)c1cccc(=O)n1C2)Nc1nc(-c2cccc(Cl)c2)cs1. The largest absolute Gasteiger partial charge is 0.356 e. The minimum Gasteiger partial charge on any atom is -0.356 e. The van der Waals surface area contributed by atoms with Gasteiger partial charge in [0.25, 0.3) is 5.56 Å². The predicted molar refractivity (Wildman–Crippen MR) is 139 cm³/mol. The third-order valence-corrected chi connectivity index (χ3v) is 8.45. The molecule has 0 unspecified atom stereocenters. The van der Waals surface area contributed by atoms with Crippen LogP contribution >= 0.6 is 46.9 Å². The van der Waals surface area contributed by atoms with Gasteiger partial charge in [-0.3, -0.25) is 9.59 Å². The number of nitrogens with one attached hydrogen (secondary N) is 1. The van der Waals surface area contributed by atoms with Crippen LogP contribution < -0.4 is 10.9 Å². The number of piperidine rings is 1. The van der Waals surface area contributed by atoms with Gasteiger partial charge in [0.05, 0.1) is 11.4 Å². The Labute approximate surface area is 210 Å². The molecule has 1 N–H and O–H groups in total. The van der Waals surface area contributed by atoms with Gasteiger partial charge in [-0.2, -0.15) is 0 Å². The molecule has 2 aliphatic heterocycles. The Kier molecular flexibility index (Phi) is 6.56. The van der Waals surface area contributed by atoms with E-state index in [-0.39, 0.29) is 17.2 Å². The highest BCUT2D eigenvalue weighted by molar-refractivity contribution is 8.23. The lowest BCUT2D eigenvalue weighted by molar-refractivity contribution is -0.113. The minimum absolute atomic E-state index is 0.0741. The van der Waals surface area contributed by atoms with Gasteiger partial charge in [0.2, 0.25) is 5.91 Å². The summed E-state index contributed by atoms with van der Waals surface area (Å²) in [4.78, 5) is 31.4. The summed E-state index contributed by atoms with van der Waals surface area (Å²) < 4.78 is 2.64. The fourth-order valence-corrected chi connectivity index (χ4v) is 6.44. The van der Waals surface area contributed by atoms with Crippen molar-refractivity contribution in [2.24, 2.45) is 5.92 Å². The van der Waals surface area contributed by atoms with Gasteiger partial charge in [0, 0.05) is 53.3 Å². The molecule has 1 saturated heterocycles. The van der Waals surface area contributed by atoms with Crippen LogP contribution in [0.15, 0.2) is 52.6 Å². The quantitative estimate of drug-likeness (QED) is 0.507. The summed E-state index contributed by atoms with van der Waals surface area (Å²) in [7, 11) is 0. The number of hydrogen-bond donors (Lipinski definition) is 1. The summed E-state index contributed by atoms with van der Waals surface area (Å²) in [6, 6.07) is 13.0. The number of thiocarbonyl (C=S) groups is 1. The number of hydrogen-bond acceptors (Lipinski definition) is 6. The lowest BCUT2D eigenvalue weighted by atomic mass is 9.83. The van der Waals surface area contributed by atoms with Crippen LogP contribution in [-0.2, 0) is 11.3 Å². The smallest absolute Gasteiger partial charge is 0.250 e. The summed E-state index contributed by atoms with van der Waals surface area (Å²) in [6.45, 7) is 2.33. The van der Waals surface area contributed by atoms with Crippen LogP contribution in [0.1, 0.15) is 18.0 Å². The molecule has 2 bridgehead atoms. The normalized spacial score (nSPS) is 19.1. The topological polar surface area (TPSA) is 67.2 Å². The highest BCUT2D eigenvalue weighted by atomic mass is 35.5. The fourth-order valence-electron chi connectivity index (χ4n) is 4.53. The van der Waals surface area contributed by atoms with Crippen molar-refractivity contribution in [2.75, 3.05) is 24.2 Å². The molecule has 0 aliphatic carbocycles. The molecule has 0 saturated carbocycles. The highest BCUT2D eigenvalue weighted by Crippen LogP contribution is 2.36. The second-order valence-electron chi connectivity index (χ2n) is 8.25. The van der Waals surface area contributed by atoms with E-state index in [0.717, 1.165) is 47.3 Å². The van der Waals surface area contributed by atoms with Crippen LogP contribution in [0.3, 0.4) is 0 Å². The molecular weight excluding hydrogens is 496 g/mol. The van der Waals surface area contributed by atoms with Crippen LogP contribution in [0.5, 0.6) is 0 Å². The van der Waals surface area contributed by atoms with Crippen LogP contribution in [-0.4, -0.2) is 43.5 Å². The van der Waals surface area contributed by atoms with E-state index in [9.17, 15) is 9.59 Å². The van der Waals surface area contributed by atoms with Crippen molar-refractivity contribution in [3.05, 3.63) is 68.9 Å². The zero-order chi connectivity index (χ0) is 22.9. The number of benzene rings is 1. The first-order valence-electron chi connectivity index (χ1n) is 10.6. The van der Waals surface area contributed by atoms with Crippen LogP contribution in [0.2, 0.25) is 5.02 Å². The number of thioether (sulfide) groups is 1. The summed E-state index contributed by atoms with van der Waals surface area (Å²) in [6.07, 6.45) is 1.08. The molecule has 0 radical (unpaired) electrons. The molecule has 5 rings (SSSR count). The van der Waals surface area contributed by atoms with Crippen molar-refractivity contribution in [1.82, 2.24) is 14.5 Å². The number of thiazole rings is 1. The van der Waals surface area contributed by atoms with E-state index in [4.69, 9.17) is 23.8 Å². The molecule has 0 spiro atoms. The summed E-state index contributed by atoms with van der Waals surface area (Å²) in [5.41, 5.74) is 2.85. The van der Waals surface area contributed by atoms with E-state index in [1.54, 1.807) is 6.07 Å². The van der Waals surface area contributed by atoms with Crippen LogP contribution in [0, 0.1) is 5.92 Å². The number of carbonyl (C=O) groups excluding carboxylic acids is 1. The number of fused-ring (bicyclic) bond motifs is 4. The van der Waals surface area contributed by atoms with Crippen molar-refractivity contribution in [1.29, 1.82) is 0 Å². The summed E-state index contributed by atoms with van der Waals surface area (Å²) in [5.74, 6) is 0.777. The molecule has 1 aromatic carbocycles. The second-order valence-corrected chi connectivity index (χ2v) is 11.2. The molecule has 2 aromatic heterocycles. The van der Waals surface area contributed by atoms with Gasteiger partial charge in [0.15, 0.2) is 5.13 Å². The first kappa shape index (κ1) is 22.6. The molecule has 2 aliphatic rings. The Hall–Kier alpha value is -2.20. The highest BCUT2D eigenvalue weighted by Gasteiger charge is 2.35. The zero-order valence-electron chi connectivity index (χ0n) is 17.6. The van der Waals surface area contributed by atoms with Gasteiger partial charge < -0.3 is 14.8 Å². The first-order chi connectivity index (χ1) is 16.0.